The van der Waals surface area contributed by atoms with E-state index >= 15 is 0 Å². The SMILES string of the molecule is CCc1nnc2n1NC(c1ccc(C)cc1)C(C(=O)Nc1ccc(OC)cc1)S2. The summed E-state index contributed by atoms with van der Waals surface area (Å²) in [7, 11) is 1.62. The molecular formula is C21H23N5O2S. The summed E-state index contributed by atoms with van der Waals surface area (Å²) in [4.78, 5) is 13.2. The van der Waals surface area contributed by atoms with Crippen molar-refractivity contribution < 1.29 is 9.53 Å². The molecule has 2 heterocycles. The van der Waals surface area contributed by atoms with Crippen LogP contribution in [0.5, 0.6) is 5.75 Å². The van der Waals surface area contributed by atoms with Gasteiger partial charge in [-0.1, -0.05) is 48.5 Å². The van der Waals surface area contributed by atoms with Crippen LogP contribution < -0.4 is 15.5 Å². The zero-order valence-electron chi connectivity index (χ0n) is 16.5. The standard InChI is InChI=1S/C21H23N5O2S/c1-4-17-23-24-21-26(17)25-18(14-7-5-13(2)6-8-14)19(29-21)20(27)22-15-9-11-16(28-3)12-10-15/h5-12,18-19,25H,4H2,1-3H3,(H,22,27). The van der Waals surface area contributed by atoms with Gasteiger partial charge in [0, 0.05) is 12.1 Å². The summed E-state index contributed by atoms with van der Waals surface area (Å²) >= 11 is 1.43. The van der Waals surface area contributed by atoms with Gasteiger partial charge < -0.3 is 15.5 Å². The lowest BCUT2D eigenvalue weighted by molar-refractivity contribution is -0.116. The number of nitrogens with one attached hydrogen (secondary N) is 2. The minimum Gasteiger partial charge on any atom is -0.497 e. The van der Waals surface area contributed by atoms with Crippen LogP contribution in [-0.2, 0) is 11.2 Å². The molecule has 2 atom stereocenters. The number of amides is 1. The van der Waals surface area contributed by atoms with E-state index in [1.807, 2.05) is 42.8 Å². The van der Waals surface area contributed by atoms with E-state index < -0.39 is 5.25 Å². The lowest BCUT2D eigenvalue weighted by Gasteiger charge is -2.33. The highest BCUT2D eigenvalue weighted by Crippen LogP contribution is 2.37. The van der Waals surface area contributed by atoms with Crippen LogP contribution in [0.15, 0.2) is 53.7 Å². The first-order valence-electron chi connectivity index (χ1n) is 9.48. The van der Waals surface area contributed by atoms with E-state index in [4.69, 9.17) is 4.74 Å². The summed E-state index contributed by atoms with van der Waals surface area (Å²) in [5.41, 5.74) is 6.40. The Labute approximate surface area is 173 Å². The monoisotopic (exact) mass is 409 g/mol. The predicted molar refractivity (Wildman–Crippen MR) is 114 cm³/mol. The Morgan fingerprint density at radius 1 is 1.17 bits per heavy atom. The van der Waals surface area contributed by atoms with Crippen molar-refractivity contribution in [3.63, 3.8) is 0 Å². The van der Waals surface area contributed by atoms with Crippen molar-refractivity contribution in [3.8, 4) is 5.75 Å². The van der Waals surface area contributed by atoms with Gasteiger partial charge in [-0.25, -0.2) is 4.68 Å². The Morgan fingerprint density at radius 2 is 1.90 bits per heavy atom. The normalized spacial score (nSPS) is 17.9. The third-order valence-corrected chi connectivity index (χ3v) is 6.09. The van der Waals surface area contributed by atoms with E-state index in [1.165, 1.54) is 17.3 Å². The molecule has 1 aliphatic rings. The largest absolute Gasteiger partial charge is 0.497 e. The second kappa shape index (κ2) is 8.16. The van der Waals surface area contributed by atoms with E-state index in [9.17, 15) is 4.79 Å². The Hall–Kier alpha value is -3.00. The molecule has 1 amide bonds. The van der Waals surface area contributed by atoms with Crippen LogP contribution in [0.3, 0.4) is 0 Å². The van der Waals surface area contributed by atoms with E-state index in [1.54, 1.807) is 7.11 Å². The molecule has 0 radical (unpaired) electrons. The number of thioether (sulfide) groups is 1. The molecule has 8 heteroatoms. The number of carbonyl (C=O) groups excluding carboxylic acids is 1. The summed E-state index contributed by atoms with van der Waals surface area (Å²) < 4.78 is 7.08. The highest BCUT2D eigenvalue weighted by molar-refractivity contribution is 8.00. The number of fused-ring (bicyclic) bond motifs is 1. The average molecular weight is 410 g/mol. The number of aryl methyl sites for hydroxylation is 2. The smallest absolute Gasteiger partial charge is 0.240 e. The molecule has 0 spiro atoms. The van der Waals surface area contributed by atoms with Crippen molar-refractivity contribution in [2.24, 2.45) is 0 Å². The molecule has 2 aromatic carbocycles. The molecular weight excluding hydrogens is 386 g/mol. The van der Waals surface area contributed by atoms with Crippen molar-refractivity contribution in [1.29, 1.82) is 0 Å². The molecule has 7 nitrogen and oxygen atoms in total. The van der Waals surface area contributed by atoms with Gasteiger partial charge in [-0.05, 0) is 36.8 Å². The summed E-state index contributed by atoms with van der Waals surface area (Å²) in [6, 6.07) is 15.3. The molecule has 4 rings (SSSR count). The fourth-order valence-corrected chi connectivity index (χ4v) is 4.34. The topological polar surface area (TPSA) is 81.1 Å². The second-order valence-electron chi connectivity index (χ2n) is 6.86. The van der Waals surface area contributed by atoms with Crippen LogP contribution in [0.1, 0.15) is 29.9 Å². The van der Waals surface area contributed by atoms with E-state index in [2.05, 4.69) is 45.2 Å². The number of nitrogens with zero attached hydrogens (tertiary/aromatic N) is 3. The molecule has 0 fully saturated rings. The van der Waals surface area contributed by atoms with Gasteiger partial charge in [0.15, 0.2) is 5.82 Å². The van der Waals surface area contributed by atoms with Crippen LogP contribution in [0.25, 0.3) is 0 Å². The van der Waals surface area contributed by atoms with Gasteiger partial charge >= 0.3 is 0 Å². The lowest BCUT2D eigenvalue weighted by Crippen LogP contribution is -2.41. The molecule has 1 aromatic heterocycles. The minimum absolute atomic E-state index is 0.0921. The van der Waals surface area contributed by atoms with Crippen molar-refractivity contribution in [2.75, 3.05) is 17.9 Å². The van der Waals surface area contributed by atoms with Gasteiger partial charge in [0.25, 0.3) is 0 Å². The zero-order valence-corrected chi connectivity index (χ0v) is 17.4. The first-order chi connectivity index (χ1) is 14.1. The van der Waals surface area contributed by atoms with Crippen molar-refractivity contribution in [2.45, 2.75) is 36.7 Å². The number of carbonyl (C=O) groups is 1. The van der Waals surface area contributed by atoms with Gasteiger partial charge in [-0.2, -0.15) is 0 Å². The van der Waals surface area contributed by atoms with Gasteiger partial charge in [-0.3, -0.25) is 4.79 Å². The van der Waals surface area contributed by atoms with Crippen LogP contribution in [0, 0.1) is 6.92 Å². The highest BCUT2D eigenvalue weighted by atomic mass is 32.2. The molecule has 3 aromatic rings. The lowest BCUT2D eigenvalue weighted by atomic mass is 10.0. The number of rotatable bonds is 5. The van der Waals surface area contributed by atoms with Gasteiger partial charge in [0.2, 0.25) is 11.1 Å². The van der Waals surface area contributed by atoms with E-state index in [0.29, 0.717) is 5.16 Å². The quantitative estimate of drug-likeness (QED) is 0.671. The van der Waals surface area contributed by atoms with Crippen molar-refractivity contribution in [3.05, 3.63) is 65.5 Å². The number of aromatic nitrogens is 3. The van der Waals surface area contributed by atoms with Crippen LogP contribution in [0.4, 0.5) is 5.69 Å². The summed E-state index contributed by atoms with van der Waals surface area (Å²) in [6.07, 6.45) is 0.754. The Kier molecular flexibility index (Phi) is 5.44. The highest BCUT2D eigenvalue weighted by Gasteiger charge is 2.37. The van der Waals surface area contributed by atoms with Crippen LogP contribution in [-0.4, -0.2) is 33.1 Å². The number of ether oxygens (including phenoxy) is 1. The van der Waals surface area contributed by atoms with Crippen LogP contribution >= 0.6 is 11.8 Å². The van der Waals surface area contributed by atoms with Gasteiger partial charge in [0.1, 0.15) is 11.0 Å². The summed E-state index contributed by atoms with van der Waals surface area (Å²) in [5, 5.41) is 11.8. The maximum Gasteiger partial charge on any atom is 0.240 e. The number of hydrogen-bond donors (Lipinski definition) is 2. The number of benzene rings is 2. The Balaban J connectivity index is 1.63. The minimum atomic E-state index is -0.402. The maximum atomic E-state index is 13.2. The predicted octanol–water partition coefficient (Wildman–Crippen LogP) is 3.56. The molecule has 0 aliphatic carbocycles. The van der Waals surface area contributed by atoms with Crippen molar-refractivity contribution >= 4 is 23.4 Å². The van der Waals surface area contributed by atoms with E-state index in [-0.39, 0.29) is 11.9 Å². The molecule has 0 saturated carbocycles. The van der Waals surface area contributed by atoms with Crippen LogP contribution in [0.2, 0.25) is 0 Å². The molecule has 29 heavy (non-hydrogen) atoms. The number of anilines is 1. The van der Waals surface area contributed by atoms with Gasteiger partial charge in [-0.15, -0.1) is 10.2 Å². The molecule has 0 bridgehead atoms. The summed E-state index contributed by atoms with van der Waals surface area (Å²) in [6.45, 7) is 4.08. The molecule has 2 unspecified atom stereocenters. The first-order valence-corrected chi connectivity index (χ1v) is 10.4. The second-order valence-corrected chi connectivity index (χ2v) is 7.97. The van der Waals surface area contributed by atoms with E-state index in [0.717, 1.165) is 29.2 Å². The number of hydrogen-bond acceptors (Lipinski definition) is 6. The average Bonchev–Trinajstić information content (AvgIpc) is 3.16. The molecule has 0 saturated heterocycles. The fraction of sp³-hybridized carbons (Fsp3) is 0.286. The third-order valence-electron chi connectivity index (χ3n) is 4.87. The third kappa shape index (κ3) is 3.93. The summed E-state index contributed by atoms with van der Waals surface area (Å²) in [5.74, 6) is 1.50. The van der Waals surface area contributed by atoms with Gasteiger partial charge in [0.05, 0.1) is 13.2 Å². The maximum absolute atomic E-state index is 13.2. The molecule has 1 aliphatic heterocycles. The number of methoxy groups -OCH3 is 1. The first kappa shape index (κ1) is 19.3. The Bertz CT molecular complexity index is 1000. The van der Waals surface area contributed by atoms with Crippen molar-refractivity contribution in [1.82, 2.24) is 14.9 Å². The molecule has 150 valence electrons. The fourth-order valence-electron chi connectivity index (χ4n) is 3.24. The molecule has 2 N–H and O–H groups in total. The Morgan fingerprint density at radius 3 is 2.55 bits per heavy atom. The zero-order chi connectivity index (χ0) is 20.4.